The molecule has 23 heavy (non-hydrogen) atoms. The summed E-state index contributed by atoms with van der Waals surface area (Å²) < 4.78 is 15.8. The van der Waals surface area contributed by atoms with Crippen molar-refractivity contribution in [1.82, 2.24) is 0 Å². The SMILES string of the molecule is COCc1ccc(C(=O)Nc2ccc3c(c2)NC(=O)C(C)O3)o1. The molecule has 7 nitrogen and oxygen atoms in total. The predicted octanol–water partition coefficient (Wildman–Crippen LogP) is 2.40. The van der Waals surface area contributed by atoms with Crippen molar-refractivity contribution < 1.29 is 23.5 Å². The minimum absolute atomic E-state index is 0.184. The number of hydrogen-bond acceptors (Lipinski definition) is 5. The molecule has 1 aliphatic rings. The van der Waals surface area contributed by atoms with Crippen molar-refractivity contribution in [3.05, 3.63) is 41.9 Å². The van der Waals surface area contributed by atoms with Crippen molar-refractivity contribution in [2.45, 2.75) is 19.6 Å². The molecule has 1 aromatic carbocycles. The summed E-state index contributed by atoms with van der Waals surface area (Å²) in [5, 5.41) is 5.44. The van der Waals surface area contributed by atoms with Crippen molar-refractivity contribution in [3.8, 4) is 5.75 Å². The van der Waals surface area contributed by atoms with Crippen molar-refractivity contribution in [3.63, 3.8) is 0 Å². The number of carbonyl (C=O) groups excluding carboxylic acids is 2. The first-order valence-corrected chi connectivity index (χ1v) is 7.07. The molecule has 0 aliphatic carbocycles. The summed E-state index contributed by atoms with van der Waals surface area (Å²) in [6.45, 7) is 1.97. The van der Waals surface area contributed by atoms with Crippen LogP contribution in [0, 0.1) is 0 Å². The first-order chi connectivity index (χ1) is 11.1. The average molecular weight is 316 g/mol. The summed E-state index contributed by atoms with van der Waals surface area (Å²) in [5.41, 5.74) is 1.04. The lowest BCUT2D eigenvalue weighted by molar-refractivity contribution is -0.122. The second-order valence-electron chi connectivity index (χ2n) is 5.11. The Labute approximate surface area is 132 Å². The van der Waals surface area contributed by atoms with Gasteiger partial charge in [0.25, 0.3) is 11.8 Å². The van der Waals surface area contributed by atoms with Crippen LogP contribution in [0.2, 0.25) is 0 Å². The topological polar surface area (TPSA) is 89.8 Å². The lowest BCUT2D eigenvalue weighted by atomic mass is 10.2. The zero-order valence-corrected chi connectivity index (χ0v) is 12.7. The predicted molar refractivity (Wildman–Crippen MR) is 82.5 cm³/mol. The van der Waals surface area contributed by atoms with Crippen LogP contribution in [0.4, 0.5) is 11.4 Å². The number of carbonyl (C=O) groups is 2. The number of hydrogen-bond donors (Lipinski definition) is 2. The second-order valence-corrected chi connectivity index (χ2v) is 5.11. The van der Waals surface area contributed by atoms with Gasteiger partial charge in [-0.15, -0.1) is 0 Å². The molecule has 0 radical (unpaired) electrons. The minimum Gasteiger partial charge on any atom is -0.479 e. The minimum atomic E-state index is -0.537. The Morgan fingerprint density at radius 2 is 2.17 bits per heavy atom. The van der Waals surface area contributed by atoms with Gasteiger partial charge in [-0.05, 0) is 37.3 Å². The molecule has 2 aromatic rings. The molecule has 2 amide bonds. The smallest absolute Gasteiger partial charge is 0.291 e. The molecule has 7 heteroatoms. The Bertz CT molecular complexity index is 753. The number of ether oxygens (including phenoxy) is 2. The standard InChI is InChI=1S/C16H16N2O5/c1-9-15(19)18-12-7-10(3-5-13(12)22-9)17-16(20)14-6-4-11(23-14)8-21-2/h3-7,9H,8H2,1-2H3,(H,17,20)(H,18,19). The van der Waals surface area contributed by atoms with Crippen LogP contribution in [0.5, 0.6) is 5.75 Å². The van der Waals surface area contributed by atoms with E-state index in [2.05, 4.69) is 10.6 Å². The summed E-state index contributed by atoms with van der Waals surface area (Å²) in [6.07, 6.45) is -0.537. The molecule has 1 atom stereocenters. The van der Waals surface area contributed by atoms with E-state index >= 15 is 0 Å². The van der Waals surface area contributed by atoms with E-state index in [1.165, 1.54) is 0 Å². The summed E-state index contributed by atoms with van der Waals surface area (Å²) in [5.74, 6) is 0.705. The highest BCUT2D eigenvalue weighted by Gasteiger charge is 2.23. The number of furan rings is 1. The van der Waals surface area contributed by atoms with E-state index in [1.54, 1.807) is 44.4 Å². The molecule has 1 aliphatic heterocycles. The fraction of sp³-hybridized carbons (Fsp3) is 0.250. The van der Waals surface area contributed by atoms with Gasteiger partial charge in [-0.3, -0.25) is 9.59 Å². The van der Waals surface area contributed by atoms with Crippen LogP contribution in [0.15, 0.2) is 34.7 Å². The van der Waals surface area contributed by atoms with Crippen LogP contribution in [0.1, 0.15) is 23.2 Å². The summed E-state index contributed by atoms with van der Waals surface area (Å²) in [6, 6.07) is 8.28. The lowest BCUT2D eigenvalue weighted by Gasteiger charge is -2.23. The largest absolute Gasteiger partial charge is 0.479 e. The summed E-state index contributed by atoms with van der Waals surface area (Å²) in [4.78, 5) is 23.8. The van der Waals surface area contributed by atoms with Crippen molar-refractivity contribution in [2.75, 3.05) is 17.7 Å². The molecule has 2 heterocycles. The molecule has 0 fully saturated rings. The zero-order valence-electron chi connectivity index (χ0n) is 12.7. The number of methoxy groups -OCH3 is 1. The fourth-order valence-corrected chi connectivity index (χ4v) is 2.20. The maximum Gasteiger partial charge on any atom is 0.291 e. The van der Waals surface area contributed by atoms with E-state index in [4.69, 9.17) is 13.9 Å². The molecule has 1 aromatic heterocycles. The summed E-state index contributed by atoms with van der Waals surface area (Å²) in [7, 11) is 1.55. The van der Waals surface area contributed by atoms with Gasteiger partial charge in [0.2, 0.25) is 0 Å². The van der Waals surface area contributed by atoms with Crippen molar-refractivity contribution in [1.29, 1.82) is 0 Å². The van der Waals surface area contributed by atoms with Crippen LogP contribution < -0.4 is 15.4 Å². The molecule has 0 bridgehead atoms. The third kappa shape index (κ3) is 3.19. The van der Waals surface area contributed by atoms with E-state index < -0.39 is 6.10 Å². The van der Waals surface area contributed by atoms with Crippen LogP contribution in [0.3, 0.4) is 0 Å². The number of fused-ring (bicyclic) bond motifs is 1. The van der Waals surface area contributed by atoms with Crippen LogP contribution in [-0.2, 0) is 16.1 Å². The Morgan fingerprint density at radius 3 is 2.96 bits per heavy atom. The first-order valence-electron chi connectivity index (χ1n) is 7.07. The molecule has 0 saturated carbocycles. The molecule has 0 saturated heterocycles. The highest BCUT2D eigenvalue weighted by Crippen LogP contribution is 2.32. The van der Waals surface area contributed by atoms with Gasteiger partial charge in [0, 0.05) is 12.8 Å². The van der Waals surface area contributed by atoms with E-state index in [-0.39, 0.29) is 17.6 Å². The van der Waals surface area contributed by atoms with E-state index in [0.29, 0.717) is 29.5 Å². The number of nitrogens with one attached hydrogen (secondary N) is 2. The average Bonchev–Trinajstić information content (AvgIpc) is 2.98. The molecule has 2 N–H and O–H groups in total. The molecule has 3 rings (SSSR count). The third-order valence-corrected chi connectivity index (χ3v) is 3.34. The maximum absolute atomic E-state index is 12.2. The number of rotatable bonds is 4. The number of anilines is 2. The highest BCUT2D eigenvalue weighted by molar-refractivity contribution is 6.03. The van der Waals surface area contributed by atoms with Crippen LogP contribution >= 0.6 is 0 Å². The van der Waals surface area contributed by atoms with Gasteiger partial charge in [-0.2, -0.15) is 0 Å². The highest BCUT2D eigenvalue weighted by atomic mass is 16.5. The van der Waals surface area contributed by atoms with Gasteiger partial charge in [-0.25, -0.2) is 0 Å². The molecular weight excluding hydrogens is 300 g/mol. The normalized spacial score (nSPS) is 16.3. The van der Waals surface area contributed by atoms with Crippen molar-refractivity contribution in [2.24, 2.45) is 0 Å². The maximum atomic E-state index is 12.2. The van der Waals surface area contributed by atoms with E-state index in [1.807, 2.05) is 0 Å². The van der Waals surface area contributed by atoms with E-state index in [0.717, 1.165) is 0 Å². The Hall–Kier alpha value is -2.80. The van der Waals surface area contributed by atoms with E-state index in [9.17, 15) is 9.59 Å². The Balaban J connectivity index is 1.74. The lowest BCUT2D eigenvalue weighted by Crippen LogP contribution is -2.34. The molecule has 120 valence electrons. The Morgan fingerprint density at radius 1 is 1.35 bits per heavy atom. The van der Waals surface area contributed by atoms with Gasteiger partial charge < -0.3 is 24.5 Å². The van der Waals surface area contributed by atoms with Gasteiger partial charge in [0.05, 0.1) is 5.69 Å². The number of amides is 2. The second kappa shape index (κ2) is 6.13. The quantitative estimate of drug-likeness (QED) is 0.904. The third-order valence-electron chi connectivity index (χ3n) is 3.34. The van der Waals surface area contributed by atoms with Crippen LogP contribution in [0.25, 0.3) is 0 Å². The monoisotopic (exact) mass is 316 g/mol. The van der Waals surface area contributed by atoms with Gasteiger partial charge in [0.15, 0.2) is 11.9 Å². The van der Waals surface area contributed by atoms with Gasteiger partial charge in [-0.1, -0.05) is 0 Å². The first kappa shape index (κ1) is 15.1. The van der Waals surface area contributed by atoms with Crippen molar-refractivity contribution >= 4 is 23.2 Å². The molecular formula is C16H16N2O5. The molecule has 1 unspecified atom stereocenters. The summed E-state index contributed by atoms with van der Waals surface area (Å²) >= 11 is 0. The van der Waals surface area contributed by atoms with Gasteiger partial charge in [0.1, 0.15) is 18.1 Å². The van der Waals surface area contributed by atoms with Crippen LogP contribution in [-0.4, -0.2) is 25.0 Å². The number of benzene rings is 1. The Kier molecular flexibility index (Phi) is 4.03. The fourth-order valence-electron chi connectivity index (χ4n) is 2.20. The molecule has 0 spiro atoms. The van der Waals surface area contributed by atoms with Gasteiger partial charge >= 0.3 is 0 Å². The zero-order chi connectivity index (χ0) is 16.4.